The number of amides is 1. The fourth-order valence-corrected chi connectivity index (χ4v) is 3.35. The van der Waals surface area contributed by atoms with Gasteiger partial charge in [0.1, 0.15) is 0 Å². The van der Waals surface area contributed by atoms with Crippen LogP contribution >= 0.6 is 27.5 Å². The Morgan fingerprint density at radius 2 is 1.74 bits per heavy atom. The zero-order valence-electron chi connectivity index (χ0n) is 12.4. The van der Waals surface area contributed by atoms with Crippen LogP contribution in [0, 0.1) is 0 Å². The molecule has 0 bridgehead atoms. The minimum absolute atomic E-state index is 0.0870. The van der Waals surface area contributed by atoms with Gasteiger partial charge in [-0.3, -0.25) is 9.52 Å². The van der Waals surface area contributed by atoms with E-state index in [0.29, 0.717) is 5.02 Å². The molecule has 0 fully saturated rings. The first-order chi connectivity index (χ1) is 10.7. The molecule has 8 heteroatoms. The fraction of sp³-hybridized carbons (Fsp3) is 0.133. The molecule has 23 heavy (non-hydrogen) atoms. The minimum atomic E-state index is -3.83. The molecule has 1 N–H and O–H groups in total. The van der Waals surface area contributed by atoms with Crippen molar-refractivity contribution in [2.45, 2.75) is 4.90 Å². The summed E-state index contributed by atoms with van der Waals surface area (Å²) in [4.78, 5) is 13.6. The Balaban J connectivity index is 2.44. The van der Waals surface area contributed by atoms with Gasteiger partial charge in [-0.05, 0) is 42.5 Å². The summed E-state index contributed by atoms with van der Waals surface area (Å²) >= 11 is 9.18. The molecule has 0 unspecified atom stereocenters. The SMILES string of the molecule is CN(C)C(=O)c1ccc(Cl)cc1NS(=O)(=O)c1ccc(Br)cc1. The number of benzene rings is 2. The van der Waals surface area contributed by atoms with Crippen molar-refractivity contribution in [2.75, 3.05) is 18.8 Å². The molecule has 1 amide bonds. The number of anilines is 1. The van der Waals surface area contributed by atoms with Crippen LogP contribution in [-0.2, 0) is 10.0 Å². The van der Waals surface area contributed by atoms with Gasteiger partial charge in [0.05, 0.1) is 16.1 Å². The van der Waals surface area contributed by atoms with E-state index in [2.05, 4.69) is 20.7 Å². The lowest BCUT2D eigenvalue weighted by Crippen LogP contribution is -2.24. The Morgan fingerprint density at radius 1 is 1.13 bits per heavy atom. The molecule has 2 aromatic rings. The van der Waals surface area contributed by atoms with E-state index in [1.807, 2.05) is 0 Å². The number of carbonyl (C=O) groups is 1. The highest BCUT2D eigenvalue weighted by atomic mass is 79.9. The molecule has 0 saturated heterocycles. The van der Waals surface area contributed by atoms with Gasteiger partial charge >= 0.3 is 0 Å². The van der Waals surface area contributed by atoms with Crippen LogP contribution in [0.25, 0.3) is 0 Å². The van der Waals surface area contributed by atoms with Crippen LogP contribution in [0.2, 0.25) is 5.02 Å². The van der Waals surface area contributed by atoms with Crippen LogP contribution in [0.5, 0.6) is 0 Å². The summed E-state index contributed by atoms with van der Waals surface area (Å²) in [5.41, 5.74) is 0.360. The van der Waals surface area contributed by atoms with Crippen LogP contribution in [0.15, 0.2) is 51.8 Å². The average molecular weight is 418 g/mol. The van der Waals surface area contributed by atoms with E-state index < -0.39 is 10.0 Å². The van der Waals surface area contributed by atoms with Crippen molar-refractivity contribution in [1.29, 1.82) is 0 Å². The molecule has 0 radical (unpaired) electrons. The lowest BCUT2D eigenvalue weighted by atomic mass is 10.1. The summed E-state index contributed by atoms with van der Waals surface area (Å²) in [6.45, 7) is 0. The molecule has 0 heterocycles. The van der Waals surface area contributed by atoms with Crippen molar-refractivity contribution in [1.82, 2.24) is 4.90 Å². The minimum Gasteiger partial charge on any atom is -0.345 e. The van der Waals surface area contributed by atoms with Gasteiger partial charge in [0.2, 0.25) is 0 Å². The smallest absolute Gasteiger partial charge is 0.261 e. The van der Waals surface area contributed by atoms with Crippen LogP contribution in [0.1, 0.15) is 10.4 Å². The first-order valence-corrected chi connectivity index (χ1v) is 9.16. The number of nitrogens with one attached hydrogen (secondary N) is 1. The zero-order chi connectivity index (χ0) is 17.2. The zero-order valence-corrected chi connectivity index (χ0v) is 15.5. The maximum Gasteiger partial charge on any atom is 0.261 e. The van der Waals surface area contributed by atoms with Crippen LogP contribution in [0.3, 0.4) is 0 Å². The molecular formula is C15H14BrClN2O3S. The maximum atomic E-state index is 12.5. The first kappa shape index (κ1) is 17.8. The Kier molecular flexibility index (Phi) is 5.33. The third-order valence-electron chi connectivity index (χ3n) is 2.99. The molecule has 0 aliphatic rings. The number of rotatable bonds is 4. The number of nitrogens with zero attached hydrogens (tertiary/aromatic N) is 1. The van der Waals surface area contributed by atoms with Crippen LogP contribution in [-0.4, -0.2) is 33.3 Å². The third kappa shape index (κ3) is 4.25. The standard InChI is InChI=1S/C15H14BrClN2O3S/c1-19(2)15(20)13-8-5-11(17)9-14(13)18-23(21,22)12-6-3-10(16)4-7-12/h3-9,18H,1-2H3. The maximum absolute atomic E-state index is 12.5. The van der Waals surface area contributed by atoms with E-state index in [9.17, 15) is 13.2 Å². The van der Waals surface area contributed by atoms with Crippen molar-refractivity contribution in [3.63, 3.8) is 0 Å². The van der Waals surface area contributed by atoms with Gasteiger partial charge in [-0.25, -0.2) is 8.42 Å². The van der Waals surface area contributed by atoms with Crippen LogP contribution < -0.4 is 4.72 Å². The molecule has 0 aromatic heterocycles. The summed E-state index contributed by atoms with van der Waals surface area (Å²) < 4.78 is 28.1. The second-order valence-corrected chi connectivity index (χ2v) is 7.98. The molecule has 122 valence electrons. The highest BCUT2D eigenvalue weighted by molar-refractivity contribution is 9.10. The van der Waals surface area contributed by atoms with Crippen molar-refractivity contribution in [3.05, 3.63) is 57.5 Å². The number of hydrogen-bond acceptors (Lipinski definition) is 3. The monoisotopic (exact) mass is 416 g/mol. The van der Waals surface area contributed by atoms with Crippen molar-refractivity contribution in [3.8, 4) is 0 Å². The van der Waals surface area contributed by atoms with Crippen LogP contribution in [0.4, 0.5) is 5.69 Å². The predicted molar refractivity (Wildman–Crippen MR) is 94.4 cm³/mol. The molecular weight excluding hydrogens is 404 g/mol. The lowest BCUT2D eigenvalue weighted by molar-refractivity contribution is 0.0828. The van der Waals surface area contributed by atoms with Gasteiger partial charge in [0.15, 0.2) is 0 Å². The largest absolute Gasteiger partial charge is 0.345 e. The Labute approximate surface area is 148 Å². The first-order valence-electron chi connectivity index (χ1n) is 6.50. The molecule has 0 aliphatic carbocycles. The molecule has 0 aliphatic heterocycles. The number of sulfonamides is 1. The van der Waals surface area contributed by atoms with Gasteiger partial charge in [-0.2, -0.15) is 0 Å². The quantitative estimate of drug-likeness (QED) is 0.826. The number of halogens is 2. The van der Waals surface area contributed by atoms with Gasteiger partial charge in [-0.15, -0.1) is 0 Å². The van der Waals surface area contributed by atoms with E-state index in [1.54, 1.807) is 26.2 Å². The molecule has 0 atom stereocenters. The summed E-state index contributed by atoms with van der Waals surface area (Å²) in [6.07, 6.45) is 0. The summed E-state index contributed by atoms with van der Waals surface area (Å²) in [5, 5.41) is 0.328. The second kappa shape index (κ2) is 6.90. The number of carbonyl (C=O) groups excluding carboxylic acids is 1. The van der Waals surface area contributed by atoms with E-state index in [1.165, 1.54) is 35.2 Å². The normalized spacial score (nSPS) is 11.1. The highest BCUT2D eigenvalue weighted by Gasteiger charge is 2.20. The van der Waals surface area contributed by atoms with Crippen molar-refractivity contribution >= 4 is 49.1 Å². The van der Waals surface area contributed by atoms with Gasteiger partial charge < -0.3 is 4.90 Å². The Hall–Kier alpha value is -1.57. The molecule has 0 saturated carbocycles. The molecule has 2 aromatic carbocycles. The van der Waals surface area contributed by atoms with Crippen molar-refractivity contribution in [2.24, 2.45) is 0 Å². The molecule has 2 rings (SSSR count). The van der Waals surface area contributed by atoms with E-state index >= 15 is 0 Å². The molecule has 5 nitrogen and oxygen atoms in total. The van der Waals surface area contributed by atoms with E-state index in [-0.39, 0.29) is 22.1 Å². The van der Waals surface area contributed by atoms with E-state index in [0.717, 1.165) is 4.47 Å². The van der Waals surface area contributed by atoms with Crippen molar-refractivity contribution < 1.29 is 13.2 Å². The lowest BCUT2D eigenvalue weighted by Gasteiger charge is -2.16. The number of hydrogen-bond donors (Lipinski definition) is 1. The Bertz CT molecular complexity index is 836. The highest BCUT2D eigenvalue weighted by Crippen LogP contribution is 2.25. The second-order valence-electron chi connectivity index (χ2n) is 4.95. The topological polar surface area (TPSA) is 66.5 Å². The van der Waals surface area contributed by atoms with Gasteiger partial charge in [0, 0.05) is 23.6 Å². The summed E-state index contributed by atoms with van der Waals surface area (Å²) in [6, 6.07) is 10.6. The third-order valence-corrected chi connectivity index (χ3v) is 5.13. The summed E-state index contributed by atoms with van der Waals surface area (Å²) in [5.74, 6) is -0.324. The predicted octanol–water partition coefficient (Wildman–Crippen LogP) is 3.61. The van der Waals surface area contributed by atoms with Gasteiger partial charge in [0.25, 0.3) is 15.9 Å². The fourth-order valence-electron chi connectivity index (χ4n) is 1.85. The average Bonchev–Trinajstić information content (AvgIpc) is 2.46. The summed E-state index contributed by atoms with van der Waals surface area (Å²) in [7, 11) is -0.654. The Morgan fingerprint density at radius 3 is 2.30 bits per heavy atom. The van der Waals surface area contributed by atoms with Gasteiger partial charge in [-0.1, -0.05) is 27.5 Å². The van der Waals surface area contributed by atoms with E-state index in [4.69, 9.17) is 11.6 Å². The molecule has 0 spiro atoms.